The Kier molecular flexibility index (Phi) is 4.17. The number of aromatic nitrogens is 3. The van der Waals surface area contributed by atoms with Gasteiger partial charge in [0.15, 0.2) is 0 Å². The van der Waals surface area contributed by atoms with Crippen molar-refractivity contribution in [2.75, 3.05) is 7.11 Å². The van der Waals surface area contributed by atoms with Crippen LogP contribution in [-0.2, 0) is 0 Å². The van der Waals surface area contributed by atoms with Gasteiger partial charge in [-0.05, 0) is 49.3 Å². The number of H-pyrrole nitrogens is 1. The molecule has 25 heavy (non-hydrogen) atoms. The minimum absolute atomic E-state index is 0.176. The summed E-state index contributed by atoms with van der Waals surface area (Å²) in [7, 11) is 1.59. The molecule has 2 saturated carbocycles. The van der Waals surface area contributed by atoms with Crippen molar-refractivity contribution in [3.05, 3.63) is 41.5 Å². The van der Waals surface area contributed by atoms with Crippen LogP contribution in [0.2, 0.25) is 0 Å². The standard InChI is InChI=1S/C18H22N4O3/c1-25-14-6-12(8-19-9-14)17(11-4-13(23)5-11)20-18(24)16-7-15(21-22-16)10-2-3-10/h6-11,13,17,23H,2-5H2,1H3,(H,20,24)(H,21,22)/t11?,13?,17-/m0/s1. The molecule has 2 aliphatic carbocycles. The zero-order chi connectivity index (χ0) is 17.4. The molecular formula is C18H22N4O3. The first-order valence-electron chi connectivity index (χ1n) is 8.67. The molecule has 0 spiro atoms. The molecule has 0 bridgehead atoms. The molecule has 2 fully saturated rings. The second-order valence-corrected chi connectivity index (χ2v) is 6.98. The van der Waals surface area contributed by atoms with Gasteiger partial charge >= 0.3 is 0 Å². The van der Waals surface area contributed by atoms with Gasteiger partial charge in [-0.15, -0.1) is 0 Å². The lowest BCUT2D eigenvalue weighted by Gasteiger charge is -2.38. The Morgan fingerprint density at radius 1 is 1.36 bits per heavy atom. The maximum Gasteiger partial charge on any atom is 0.272 e. The molecule has 0 saturated heterocycles. The van der Waals surface area contributed by atoms with Gasteiger partial charge in [0.1, 0.15) is 11.4 Å². The number of aliphatic hydroxyl groups excluding tert-OH is 1. The third kappa shape index (κ3) is 3.37. The van der Waals surface area contributed by atoms with E-state index < -0.39 is 0 Å². The highest BCUT2D eigenvalue weighted by atomic mass is 16.5. The van der Waals surface area contributed by atoms with Crippen molar-refractivity contribution in [1.29, 1.82) is 0 Å². The fraction of sp³-hybridized carbons (Fsp3) is 0.500. The number of nitrogens with one attached hydrogen (secondary N) is 2. The van der Waals surface area contributed by atoms with Crippen LogP contribution in [0.3, 0.4) is 0 Å². The molecule has 1 amide bonds. The van der Waals surface area contributed by atoms with Crippen molar-refractivity contribution in [3.63, 3.8) is 0 Å². The third-order valence-electron chi connectivity index (χ3n) is 5.08. The fourth-order valence-corrected chi connectivity index (χ4v) is 3.36. The van der Waals surface area contributed by atoms with E-state index in [1.807, 2.05) is 12.1 Å². The van der Waals surface area contributed by atoms with Gasteiger partial charge in [0, 0.05) is 17.8 Å². The molecule has 2 aliphatic rings. The average Bonchev–Trinajstić information content (AvgIpc) is 3.34. The van der Waals surface area contributed by atoms with E-state index in [0.29, 0.717) is 30.2 Å². The minimum Gasteiger partial charge on any atom is -0.495 e. The molecule has 132 valence electrons. The maximum absolute atomic E-state index is 12.7. The Balaban J connectivity index is 1.53. The topological polar surface area (TPSA) is 100 Å². The van der Waals surface area contributed by atoms with E-state index in [-0.39, 0.29) is 24.0 Å². The Bertz CT molecular complexity index is 765. The number of nitrogens with zero attached hydrogens (tertiary/aromatic N) is 2. The molecule has 2 aromatic heterocycles. The van der Waals surface area contributed by atoms with Gasteiger partial charge in [-0.1, -0.05) is 0 Å². The Hall–Kier alpha value is -2.41. The summed E-state index contributed by atoms with van der Waals surface area (Å²) in [6.07, 6.45) is 6.70. The predicted molar refractivity (Wildman–Crippen MR) is 90.3 cm³/mol. The van der Waals surface area contributed by atoms with Gasteiger partial charge < -0.3 is 15.2 Å². The summed E-state index contributed by atoms with van der Waals surface area (Å²) >= 11 is 0. The highest BCUT2D eigenvalue weighted by molar-refractivity contribution is 5.92. The van der Waals surface area contributed by atoms with Crippen LogP contribution in [0.1, 0.15) is 59.4 Å². The van der Waals surface area contributed by atoms with E-state index in [1.54, 1.807) is 19.5 Å². The first-order chi connectivity index (χ1) is 12.1. The number of carbonyl (C=O) groups excluding carboxylic acids is 1. The number of amides is 1. The van der Waals surface area contributed by atoms with Crippen molar-refractivity contribution < 1.29 is 14.6 Å². The molecule has 7 heteroatoms. The Labute approximate surface area is 145 Å². The lowest BCUT2D eigenvalue weighted by molar-refractivity contribution is 0.0234. The molecule has 2 aromatic rings. The smallest absolute Gasteiger partial charge is 0.272 e. The molecule has 0 aromatic carbocycles. The summed E-state index contributed by atoms with van der Waals surface area (Å²) in [4.78, 5) is 16.8. The molecule has 3 N–H and O–H groups in total. The first-order valence-corrected chi connectivity index (χ1v) is 8.67. The lowest BCUT2D eigenvalue weighted by atomic mass is 9.75. The number of hydrogen-bond donors (Lipinski definition) is 3. The second-order valence-electron chi connectivity index (χ2n) is 6.98. The largest absolute Gasteiger partial charge is 0.495 e. The number of carbonyl (C=O) groups is 1. The summed E-state index contributed by atoms with van der Waals surface area (Å²) in [5, 5.41) is 19.8. The summed E-state index contributed by atoms with van der Waals surface area (Å²) in [5.41, 5.74) is 2.31. The number of aromatic amines is 1. The zero-order valence-electron chi connectivity index (χ0n) is 14.1. The number of rotatable bonds is 6. The number of ether oxygens (including phenoxy) is 1. The second kappa shape index (κ2) is 6.48. The summed E-state index contributed by atoms with van der Waals surface area (Å²) in [5.74, 6) is 1.13. The van der Waals surface area contributed by atoms with Crippen LogP contribution < -0.4 is 10.1 Å². The van der Waals surface area contributed by atoms with E-state index in [0.717, 1.165) is 24.1 Å². The number of methoxy groups -OCH3 is 1. The number of aliphatic hydroxyl groups is 1. The van der Waals surface area contributed by atoms with Crippen LogP contribution in [0.15, 0.2) is 24.5 Å². The van der Waals surface area contributed by atoms with Crippen LogP contribution in [0, 0.1) is 5.92 Å². The van der Waals surface area contributed by atoms with Crippen molar-refractivity contribution in [3.8, 4) is 5.75 Å². The highest BCUT2D eigenvalue weighted by Crippen LogP contribution is 2.40. The van der Waals surface area contributed by atoms with E-state index in [2.05, 4.69) is 20.5 Å². The quantitative estimate of drug-likeness (QED) is 0.745. The first kappa shape index (κ1) is 16.1. The van der Waals surface area contributed by atoms with Crippen LogP contribution in [-0.4, -0.2) is 39.4 Å². The zero-order valence-corrected chi connectivity index (χ0v) is 14.1. The van der Waals surface area contributed by atoms with Gasteiger partial charge in [-0.3, -0.25) is 14.9 Å². The lowest BCUT2D eigenvalue weighted by Crippen LogP contribution is -2.41. The van der Waals surface area contributed by atoms with Gasteiger partial charge in [-0.25, -0.2) is 0 Å². The van der Waals surface area contributed by atoms with E-state index in [9.17, 15) is 9.90 Å². The molecule has 0 aliphatic heterocycles. The molecule has 0 unspecified atom stereocenters. The Morgan fingerprint density at radius 2 is 2.16 bits per heavy atom. The van der Waals surface area contributed by atoms with Gasteiger partial charge in [0.2, 0.25) is 0 Å². The maximum atomic E-state index is 12.7. The summed E-state index contributed by atoms with van der Waals surface area (Å²) in [6, 6.07) is 3.49. The van der Waals surface area contributed by atoms with Crippen LogP contribution in [0.4, 0.5) is 0 Å². The predicted octanol–water partition coefficient (Wildman–Crippen LogP) is 1.93. The molecular weight excluding hydrogens is 320 g/mol. The van der Waals surface area contributed by atoms with Crippen molar-refractivity contribution >= 4 is 5.91 Å². The van der Waals surface area contributed by atoms with Gasteiger partial charge in [0.25, 0.3) is 5.91 Å². The monoisotopic (exact) mass is 342 g/mol. The Morgan fingerprint density at radius 3 is 2.84 bits per heavy atom. The summed E-state index contributed by atoms with van der Waals surface area (Å²) < 4.78 is 5.24. The van der Waals surface area contributed by atoms with E-state index in [1.165, 1.54) is 0 Å². The van der Waals surface area contributed by atoms with Crippen LogP contribution in [0.25, 0.3) is 0 Å². The van der Waals surface area contributed by atoms with Crippen molar-refractivity contribution in [2.45, 2.75) is 43.7 Å². The molecule has 1 atom stereocenters. The minimum atomic E-state index is -0.296. The molecule has 0 radical (unpaired) electrons. The van der Waals surface area contributed by atoms with Crippen LogP contribution in [0.5, 0.6) is 5.75 Å². The summed E-state index contributed by atoms with van der Waals surface area (Å²) in [6.45, 7) is 0. The highest BCUT2D eigenvalue weighted by Gasteiger charge is 2.36. The average molecular weight is 342 g/mol. The van der Waals surface area contributed by atoms with Crippen LogP contribution >= 0.6 is 0 Å². The SMILES string of the molecule is COc1cncc([C@@H](NC(=O)c2cc(C3CC3)[nH]n2)C2CC(O)C2)c1. The molecule has 2 heterocycles. The van der Waals surface area contributed by atoms with Gasteiger partial charge in [0.05, 0.1) is 25.5 Å². The number of hydrogen-bond acceptors (Lipinski definition) is 5. The third-order valence-corrected chi connectivity index (χ3v) is 5.08. The fourth-order valence-electron chi connectivity index (χ4n) is 3.36. The molecule has 4 rings (SSSR count). The van der Waals surface area contributed by atoms with Crippen molar-refractivity contribution in [2.24, 2.45) is 5.92 Å². The van der Waals surface area contributed by atoms with E-state index >= 15 is 0 Å². The number of pyridine rings is 1. The van der Waals surface area contributed by atoms with Crippen molar-refractivity contribution in [1.82, 2.24) is 20.5 Å². The normalized spacial score (nSPS) is 23.6. The molecule has 7 nitrogen and oxygen atoms in total. The van der Waals surface area contributed by atoms with E-state index in [4.69, 9.17) is 4.74 Å². The van der Waals surface area contributed by atoms with Gasteiger partial charge in [-0.2, -0.15) is 5.10 Å².